The zero-order valence-electron chi connectivity index (χ0n) is 16.1. The van der Waals surface area contributed by atoms with Crippen molar-refractivity contribution in [1.82, 2.24) is 10.2 Å². The topological polar surface area (TPSA) is 92.8 Å². The van der Waals surface area contributed by atoms with E-state index in [4.69, 9.17) is 4.74 Å². The Morgan fingerprint density at radius 2 is 1.76 bits per heavy atom. The van der Waals surface area contributed by atoms with Gasteiger partial charge in [-0.3, -0.25) is 24.1 Å². The zero-order chi connectivity index (χ0) is 20.4. The van der Waals surface area contributed by atoms with Crippen LogP contribution in [0.2, 0.25) is 0 Å². The average Bonchev–Trinajstić information content (AvgIpc) is 2.98. The lowest BCUT2D eigenvalue weighted by atomic mass is 9.85. The molecule has 0 aromatic heterocycles. The van der Waals surface area contributed by atoms with Crippen molar-refractivity contribution in [3.05, 3.63) is 47.5 Å². The van der Waals surface area contributed by atoms with E-state index >= 15 is 0 Å². The monoisotopic (exact) mass is 396 g/mol. The number of amides is 3. The number of rotatable bonds is 5. The third-order valence-corrected chi connectivity index (χ3v) is 5.95. The summed E-state index contributed by atoms with van der Waals surface area (Å²) in [6.07, 6.45) is 7.64. The number of ether oxygens (including phenoxy) is 1. The van der Waals surface area contributed by atoms with Crippen molar-refractivity contribution in [1.29, 1.82) is 0 Å². The molecule has 0 unspecified atom stereocenters. The second kappa shape index (κ2) is 8.19. The smallest absolute Gasteiger partial charge is 0.326 e. The number of carbonyl (C=O) groups excluding carboxylic acids is 4. The van der Waals surface area contributed by atoms with E-state index in [-0.39, 0.29) is 29.7 Å². The van der Waals surface area contributed by atoms with Gasteiger partial charge >= 0.3 is 5.97 Å². The predicted octanol–water partition coefficient (Wildman–Crippen LogP) is 1.67. The summed E-state index contributed by atoms with van der Waals surface area (Å²) in [4.78, 5) is 50.1. The van der Waals surface area contributed by atoms with Crippen molar-refractivity contribution in [2.45, 2.75) is 38.1 Å². The van der Waals surface area contributed by atoms with Crippen LogP contribution in [-0.2, 0) is 30.3 Å². The van der Waals surface area contributed by atoms with Gasteiger partial charge in [0.2, 0.25) is 11.8 Å². The molecule has 1 saturated heterocycles. The minimum atomic E-state index is -0.752. The Morgan fingerprint density at radius 3 is 2.48 bits per heavy atom. The molecule has 3 aliphatic rings. The quantitative estimate of drug-likeness (QED) is 0.464. The van der Waals surface area contributed by atoms with Crippen molar-refractivity contribution in [2.24, 2.45) is 11.8 Å². The molecule has 29 heavy (non-hydrogen) atoms. The first-order valence-electron chi connectivity index (χ1n) is 10.1. The van der Waals surface area contributed by atoms with E-state index in [0.29, 0.717) is 12.8 Å². The molecule has 152 valence electrons. The van der Waals surface area contributed by atoms with E-state index in [1.54, 1.807) is 0 Å². The Morgan fingerprint density at radius 1 is 1.07 bits per heavy atom. The second-order valence-corrected chi connectivity index (χ2v) is 7.79. The standard InChI is InChI=1S/C22H24N2O5/c25-19(23-18-11-5-7-14-6-1-2-8-15(14)18)13-29-20(26)12-24-21(27)16-9-3-4-10-17(16)22(24)28/h1-4,6,8,16-18H,5,7,9-13H2,(H,23,25)/t16-,17-,18+/m0/s1. The van der Waals surface area contributed by atoms with E-state index in [1.165, 1.54) is 5.56 Å². The molecule has 1 heterocycles. The zero-order valence-corrected chi connectivity index (χ0v) is 16.1. The minimum absolute atomic E-state index is 0.0940. The minimum Gasteiger partial charge on any atom is -0.454 e. The molecule has 3 atom stereocenters. The number of nitrogens with one attached hydrogen (secondary N) is 1. The second-order valence-electron chi connectivity index (χ2n) is 7.79. The van der Waals surface area contributed by atoms with Crippen LogP contribution >= 0.6 is 0 Å². The Labute approximate surface area is 169 Å². The number of fused-ring (bicyclic) bond motifs is 2. The summed E-state index contributed by atoms with van der Waals surface area (Å²) < 4.78 is 5.03. The molecule has 7 heteroatoms. The lowest BCUT2D eigenvalue weighted by Gasteiger charge is -2.26. The largest absolute Gasteiger partial charge is 0.454 e. The van der Waals surface area contributed by atoms with Gasteiger partial charge < -0.3 is 10.1 Å². The van der Waals surface area contributed by atoms with Crippen molar-refractivity contribution in [2.75, 3.05) is 13.2 Å². The lowest BCUT2D eigenvalue weighted by Crippen LogP contribution is -2.38. The molecule has 1 fully saturated rings. The Kier molecular flexibility index (Phi) is 5.47. The molecular weight excluding hydrogens is 372 g/mol. The number of benzene rings is 1. The normalized spacial score (nSPS) is 25.4. The molecule has 1 aromatic carbocycles. The number of allylic oxidation sites excluding steroid dienone is 2. The summed E-state index contributed by atoms with van der Waals surface area (Å²) in [6.45, 7) is -0.869. The summed E-state index contributed by atoms with van der Waals surface area (Å²) in [6, 6.07) is 7.90. The predicted molar refractivity (Wildman–Crippen MR) is 103 cm³/mol. The molecule has 4 rings (SSSR count). The van der Waals surface area contributed by atoms with Gasteiger partial charge in [0.05, 0.1) is 17.9 Å². The highest BCUT2D eigenvalue weighted by Crippen LogP contribution is 2.35. The van der Waals surface area contributed by atoms with Gasteiger partial charge in [-0.05, 0) is 43.2 Å². The highest BCUT2D eigenvalue weighted by molar-refractivity contribution is 6.07. The first-order chi connectivity index (χ1) is 14.0. The number of aryl methyl sites for hydroxylation is 1. The molecule has 1 aromatic rings. The van der Waals surface area contributed by atoms with E-state index in [0.717, 1.165) is 29.7 Å². The van der Waals surface area contributed by atoms with Crippen LogP contribution in [0.15, 0.2) is 36.4 Å². The number of likely N-dealkylation sites (tertiary alicyclic amines) is 1. The van der Waals surface area contributed by atoms with Crippen molar-refractivity contribution in [3.8, 4) is 0 Å². The number of hydrogen-bond donors (Lipinski definition) is 1. The molecule has 1 N–H and O–H groups in total. The van der Waals surface area contributed by atoms with Crippen LogP contribution in [-0.4, -0.2) is 41.7 Å². The summed E-state index contributed by atoms with van der Waals surface area (Å²) in [5.74, 6) is -2.56. The van der Waals surface area contributed by atoms with Gasteiger partial charge in [-0.2, -0.15) is 0 Å². The summed E-state index contributed by atoms with van der Waals surface area (Å²) >= 11 is 0. The number of carbonyl (C=O) groups is 4. The lowest BCUT2D eigenvalue weighted by molar-refractivity contribution is -0.155. The molecule has 2 aliphatic carbocycles. The molecule has 0 bridgehead atoms. The van der Waals surface area contributed by atoms with E-state index in [9.17, 15) is 19.2 Å². The fraction of sp³-hybridized carbons (Fsp3) is 0.455. The van der Waals surface area contributed by atoms with Crippen LogP contribution in [0.3, 0.4) is 0 Å². The molecule has 0 radical (unpaired) electrons. The van der Waals surface area contributed by atoms with Crippen LogP contribution in [0, 0.1) is 11.8 Å². The van der Waals surface area contributed by atoms with Crippen LogP contribution in [0.25, 0.3) is 0 Å². The fourth-order valence-corrected chi connectivity index (χ4v) is 4.49. The van der Waals surface area contributed by atoms with Crippen molar-refractivity contribution in [3.63, 3.8) is 0 Å². The highest BCUT2D eigenvalue weighted by atomic mass is 16.5. The first kappa shape index (κ1) is 19.4. The Balaban J connectivity index is 1.28. The summed E-state index contributed by atoms with van der Waals surface area (Å²) in [5.41, 5.74) is 2.32. The highest BCUT2D eigenvalue weighted by Gasteiger charge is 2.47. The van der Waals surface area contributed by atoms with Gasteiger partial charge in [0.1, 0.15) is 6.54 Å². The van der Waals surface area contributed by atoms with Gasteiger partial charge in [0.25, 0.3) is 5.91 Å². The van der Waals surface area contributed by atoms with Crippen molar-refractivity contribution >= 4 is 23.7 Å². The van der Waals surface area contributed by atoms with Gasteiger partial charge in [-0.15, -0.1) is 0 Å². The molecule has 0 saturated carbocycles. The van der Waals surface area contributed by atoms with Gasteiger partial charge in [0, 0.05) is 0 Å². The van der Waals surface area contributed by atoms with E-state index in [2.05, 4.69) is 11.4 Å². The first-order valence-corrected chi connectivity index (χ1v) is 10.1. The third-order valence-electron chi connectivity index (χ3n) is 5.95. The van der Waals surface area contributed by atoms with Crippen LogP contribution < -0.4 is 5.32 Å². The van der Waals surface area contributed by atoms with Crippen molar-refractivity contribution < 1.29 is 23.9 Å². The van der Waals surface area contributed by atoms with Crippen LogP contribution in [0.1, 0.15) is 42.9 Å². The molecule has 7 nitrogen and oxygen atoms in total. The molecular formula is C22H24N2O5. The maximum atomic E-state index is 12.4. The summed E-state index contributed by atoms with van der Waals surface area (Å²) in [5, 5.41) is 2.91. The molecule has 0 spiro atoms. The van der Waals surface area contributed by atoms with Gasteiger partial charge in [-0.1, -0.05) is 36.4 Å². The third kappa shape index (κ3) is 3.95. The maximum Gasteiger partial charge on any atom is 0.326 e. The van der Waals surface area contributed by atoms with E-state index in [1.807, 2.05) is 30.4 Å². The molecule has 1 aliphatic heterocycles. The summed E-state index contributed by atoms with van der Waals surface area (Å²) in [7, 11) is 0. The number of esters is 1. The number of hydrogen-bond acceptors (Lipinski definition) is 5. The molecule has 3 amide bonds. The average molecular weight is 396 g/mol. The van der Waals surface area contributed by atoms with Crippen LogP contribution in [0.5, 0.6) is 0 Å². The van der Waals surface area contributed by atoms with E-state index < -0.39 is 25.0 Å². The number of imide groups is 1. The Bertz CT molecular complexity index is 852. The number of nitrogens with zero attached hydrogens (tertiary/aromatic N) is 1. The Hall–Kier alpha value is -2.96. The fourth-order valence-electron chi connectivity index (χ4n) is 4.49. The van der Waals surface area contributed by atoms with Gasteiger partial charge in [-0.25, -0.2) is 0 Å². The SMILES string of the molecule is O=C(COC(=O)CN1C(=O)[C@H]2CC=CC[C@@H]2C1=O)N[C@@H]1CCCc2ccccc21. The van der Waals surface area contributed by atoms with Gasteiger partial charge in [0.15, 0.2) is 6.61 Å². The van der Waals surface area contributed by atoms with Crippen LogP contribution in [0.4, 0.5) is 0 Å². The maximum absolute atomic E-state index is 12.4.